The summed E-state index contributed by atoms with van der Waals surface area (Å²) in [4.78, 5) is 0. The van der Waals surface area contributed by atoms with Crippen LogP contribution in [0.1, 0.15) is 24.1 Å². The van der Waals surface area contributed by atoms with E-state index >= 15 is 0 Å². The maximum absolute atomic E-state index is 6.31. The van der Waals surface area contributed by atoms with Gasteiger partial charge in [-0.2, -0.15) is 0 Å². The molecular formula is C16H15Cl4N. The Bertz CT molecular complexity index is 628. The van der Waals surface area contributed by atoms with Gasteiger partial charge in [-0.1, -0.05) is 53.3 Å². The van der Waals surface area contributed by atoms with E-state index < -0.39 is 0 Å². The second kappa shape index (κ2) is 7.71. The van der Waals surface area contributed by atoms with Crippen molar-refractivity contribution in [1.82, 2.24) is 5.32 Å². The van der Waals surface area contributed by atoms with Crippen LogP contribution in [0.25, 0.3) is 0 Å². The molecule has 1 N–H and O–H groups in total. The van der Waals surface area contributed by atoms with Crippen molar-refractivity contribution in [3.05, 3.63) is 67.6 Å². The van der Waals surface area contributed by atoms with Gasteiger partial charge in [-0.05, 0) is 60.5 Å². The lowest BCUT2D eigenvalue weighted by atomic mass is 9.98. The Morgan fingerprint density at radius 3 is 2.19 bits per heavy atom. The standard InChI is InChI=1S/C16H15Cl4N/c1-2-21-16(13-9-12(18)4-6-15(13)20)8-10-7-11(17)3-5-14(10)19/h3-7,9,16,21H,2,8H2,1H3. The molecule has 0 aromatic heterocycles. The zero-order valence-corrected chi connectivity index (χ0v) is 14.5. The van der Waals surface area contributed by atoms with E-state index in [4.69, 9.17) is 46.4 Å². The van der Waals surface area contributed by atoms with Crippen LogP contribution in [-0.2, 0) is 6.42 Å². The summed E-state index contributed by atoms with van der Waals surface area (Å²) in [6.07, 6.45) is 0.688. The average Bonchev–Trinajstić information content (AvgIpc) is 2.45. The summed E-state index contributed by atoms with van der Waals surface area (Å²) in [6.45, 7) is 2.86. The smallest absolute Gasteiger partial charge is 0.0454 e. The van der Waals surface area contributed by atoms with Crippen LogP contribution >= 0.6 is 46.4 Å². The van der Waals surface area contributed by atoms with Crippen LogP contribution in [0.3, 0.4) is 0 Å². The fourth-order valence-electron chi connectivity index (χ4n) is 2.24. The zero-order chi connectivity index (χ0) is 15.4. The van der Waals surface area contributed by atoms with E-state index in [2.05, 4.69) is 5.32 Å². The summed E-state index contributed by atoms with van der Waals surface area (Å²) in [5.74, 6) is 0. The first-order valence-corrected chi connectivity index (χ1v) is 8.14. The second-order valence-electron chi connectivity index (χ2n) is 4.72. The van der Waals surface area contributed by atoms with Gasteiger partial charge in [-0.3, -0.25) is 0 Å². The van der Waals surface area contributed by atoms with E-state index in [-0.39, 0.29) is 6.04 Å². The van der Waals surface area contributed by atoms with Gasteiger partial charge in [-0.15, -0.1) is 0 Å². The van der Waals surface area contributed by atoms with Gasteiger partial charge in [0.1, 0.15) is 0 Å². The lowest BCUT2D eigenvalue weighted by molar-refractivity contribution is 0.550. The van der Waals surface area contributed by atoms with Crippen LogP contribution in [0.5, 0.6) is 0 Å². The predicted molar refractivity (Wildman–Crippen MR) is 93.0 cm³/mol. The molecule has 0 saturated carbocycles. The molecular weight excluding hydrogens is 348 g/mol. The molecule has 0 aliphatic heterocycles. The minimum atomic E-state index is 0.0252. The highest BCUT2D eigenvalue weighted by molar-refractivity contribution is 6.34. The fourth-order valence-corrected chi connectivity index (χ4v) is 3.06. The molecule has 1 atom stereocenters. The predicted octanol–water partition coefficient (Wildman–Crippen LogP) is 6.19. The maximum atomic E-state index is 6.31. The van der Waals surface area contributed by atoms with E-state index in [1.54, 1.807) is 12.1 Å². The van der Waals surface area contributed by atoms with Crippen LogP contribution in [0.4, 0.5) is 0 Å². The van der Waals surface area contributed by atoms with Crippen molar-refractivity contribution in [2.45, 2.75) is 19.4 Å². The monoisotopic (exact) mass is 361 g/mol. The number of likely N-dealkylation sites (N-methyl/N-ethyl adjacent to an activating group) is 1. The third kappa shape index (κ3) is 4.51. The number of nitrogens with one attached hydrogen (secondary N) is 1. The fraction of sp³-hybridized carbons (Fsp3) is 0.250. The molecule has 0 radical (unpaired) electrons. The zero-order valence-electron chi connectivity index (χ0n) is 11.5. The molecule has 0 saturated heterocycles. The van der Waals surface area contributed by atoms with E-state index in [1.165, 1.54) is 0 Å². The SMILES string of the molecule is CCNC(Cc1cc(Cl)ccc1Cl)c1cc(Cl)ccc1Cl. The number of rotatable bonds is 5. The molecule has 0 bridgehead atoms. The second-order valence-corrected chi connectivity index (χ2v) is 6.40. The number of hydrogen-bond donors (Lipinski definition) is 1. The summed E-state index contributed by atoms with van der Waals surface area (Å²) in [5.41, 5.74) is 1.94. The Hall–Kier alpha value is -0.440. The highest BCUT2D eigenvalue weighted by atomic mass is 35.5. The van der Waals surface area contributed by atoms with E-state index in [0.29, 0.717) is 26.5 Å². The molecule has 0 amide bonds. The summed E-state index contributed by atoms with van der Waals surface area (Å²) in [7, 11) is 0. The van der Waals surface area contributed by atoms with Gasteiger partial charge in [0.15, 0.2) is 0 Å². The third-order valence-electron chi connectivity index (χ3n) is 3.22. The van der Waals surface area contributed by atoms with Gasteiger partial charge in [0, 0.05) is 26.1 Å². The van der Waals surface area contributed by atoms with Gasteiger partial charge >= 0.3 is 0 Å². The summed E-state index contributed by atoms with van der Waals surface area (Å²) in [5, 5.41) is 6.13. The molecule has 0 heterocycles. The molecule has 5 heteroatoms. The lowest BCUT2D eigenvalue weighted by Gasteiger charge is -2.21. The van der Waals surface area contributed by atoms with Gasteiger partial charge in [0.2, 0.25) is 0 Å². The van der Waals surface area contributed by atoms with Gasteiger partial charge in [-0.25, -0.2) is 0 Å². The van der Waals surface area contributed by atoms with E-state index in [1.807, 2.05) is 31.2 Å². The Labute approximate surface area is 145 Å². The molecule has 1 nitrogen and oxygen atoms in total. The van der Waals surface area contributed by atoms with Crippen LogP contribution in [0.15, 0.2) is 36.4 Å². The molecule has 2 aromatic carbocycles. The van der Waals surface area contributed by atoms with Crippen molar-refractivity contribution >= 4 is 46.4 Å². The Morgan fingerprint density at radius 2 is 1.52 bits per heavy atom. The molecule has 1 unspecified atom stereocenters. The molecule has 21 heavy (non-hydrogen) atoms. The summed E-state index contributed by atoms with van der Waals surface area (Å²) in [6, 6.07) is 11.0. The Kier molecular flexibility index (Phi) is 6.21. The average molecular weight is 363 g/mol. The van der Waals surface area contributed by atoms with Crippen molar-refractivity contribution in [1.29, 1.82) is 0 Å². The molecule has 2 rings (SSSR count). The highest BCUT2D eigenvalue weighted by Crippen LogP contribution is 2.31. The molecule has 0 aliphatic carbocycles. The van der Waals surface area contributed by atoms with E-state index in [9.17, 15) is 0 Å². The largest absolute Gasteiger partial charge is 0.310 e. The van der Waals surface area contributed by atoms with Crippen LogP contribution < -0.4 is 5.32 Å². The van der Waals surface area contributed by atoms with Gasteiger partial charge in [0.25, 0.3) is 0 Å². The van der Waals surface area contributed by atoms with Crippen LogP contribution in [0, 0.1) is 0 Å². The van der Waals surface area contributed by atoms with Crippen molar-refractivity contribution in [3.8, 4) is 0 Å². The van der Waals surface area contributed by atoms with Crippen molar-refractivity contribution < 1.29 is 0 Å². The van der Waals surface area contributed by atoms with Crippen molar-refractivity contribution in [2.24, 2.45) is 0 Å². The van der Waals surface area contributed by atoms with Crippen LogP contribution in [0.2, 0.25) is 20.1 Å². The minimum Gasteiger partial charge on any atom is -0.310 e. The molecule has 2 aromatic rings. The lowest BCUT2D eigenvalue weighted by Crippen LogP contribution is -2.23. The highest BCUT2D eigenvalue weighted by Gasteiger charge is 2.16. The van der Waals surface area contributed by atoms with Crippen molar-refractivity contribution in [3.63, 3.8) is 0 Å². The molecule has 0 aliphatic rings. The summed E-state index contributed by atoms with van der Waals surface area (Å²) < 4.78 is 0. The van der Waals surface area contributed by atoms with E-state index in [0.717, 1.165) is 17.7 Å². The summed E-state index contributed by atoms with van der Waals surface area (Å²) >= 11 is 24.7. The quantitative estimate of drug-likeness (QED) is 0.668. The Morgan fingerprint density at radius 1 is 0.905 bits per heavy atom. The van der Waals surface area contributed by atoms with Gasteiger partial charge in [0.05, 0.1) is 0 Å². The number of halogens is 4. The maximum Gasteiger partial charge on any atom is 0.0454 e. The first-order chi connectivity index (χ1) is 10.0. The molecule has 0 fully saturated rings. The van der Waals surface area contributed by atoms with Crippen LogP contribution in [-0.4, -0.2) is 6.54 Å². The Balaban J connectivity index is 2.35. The third-order valence-corrected chi connectivity index (χ3v) is 4.40. The molecule has 0 spiro atoms. The van der Waals surface area contributed by atoms with Gasteiger partial charge < -0.3 is 5.32 Å². The topological polar surface area (TPSA) is 12.0 Å². The van der Waals surface area contributed by atoms with Crippen molar-refractivity contribution in [2.75, 3.05) is 6.54 Å². The first kappa shape index (κ1) is 16.9. The number of benzene rings is 2. The molecule has 112 valence electrons. The normalized spacial score (nSPS) is 12.4. The number of hydrogen-bond acceptors (Lipinski definition) is 1. The first-order valence-electron chi connectivity index (χ1n) is 6.63. The minimum absolute atomic E-state index is 0.0252.